The highest BCUT2D eigenvalue weighted by atomic mass is 79.9. The summed E-state index contributed by atoms with van der Waals surface area (Å²) in [6, 6.07) is 5.12. The molecule has 0 spiro atoms. The van der Waals surface area contributed by atoms with Gasteiger partial charge in [0, 0.05) is 30.0 Å². The van der Waals surface area contributed by atoms with Crippen LogP contribution in [-0.2, 0) is 22.3 Å². The lowest BCUT2D eigenvalue weighted by atomic mass is 9.97. The molecule has 1 fully saturated rings. The maximum absolute atomic E-state index is 12.9. The van der Waals surface area contributed by atoms with E-state index in [0.717, 1.165) is 21.3 Å². The summed E-state index contributed by atoms with van der Waals surface area (Å²) in [6.07, 6.45) is -0.981. The van der Waals surface area contributed by atoms with Crippen LogP contribution in [0.15, 0.2) is 45.9 Å². The molecular formula is C19H18BrF3N4O3. The number of anilines is 1. The summed E-state index contributed by atoms with van der Waals surface area (Å²) in [5.41, 5.74) is -2.60. The highest BCUT2D eigenvalue weighted by Crippen LogP contribution is 2.26. The Morgan fingerprint density at radius 1 is 1.27 bits per heavy atom. The summed E-state index contributed by atoms with van der Waals surface area (Å²) in [4.78, 5) is 42.6. The highest BCUT2D eigenvalue weighted by Gasteiger charge is 2.35. The smallest absolute Gasteiger partial charge is 0.340 e. The van der Waals surface area contributed by atoms with Gasteiger partial charge in [0.2, 0.25) is 11.8 Å². The quantitative estimate of drug-likeness (QED) is 0.719. The molecule has 1 N–H and O–H groups in total. The molecule has 30 heavy (non-hydrogen) atoms. The van der Waals surface area contributed by atoms with E-state index in [1.165, 1.54) is 4.90 Å². The van der Waals surface area contributed by atoms with Crippen LogP contribution in [0.5, 0.6) is 0 Å². The van der Waals surface area contributed by atoms with Gasteiger partial charge in [-0.3, -0.25) is 14.4 Å². The minimum absolute atomic E-state index is 0.120. The standard InChI is InChI=1S/C19H18BrF3N4O3/c20-13-5-6-15(24-9-13)25-17(29)12-3-1-7-26(10-12)16(28)11-27-8-2-4-14(18(27)30)19(21,22)23/h2,4-6,8-9,12H,1,3,7,10-11H2,(H,24,25,29). The van der Waals surface area contributed by atoms with Crippen molar-refractivity contribution in [3.8, 4) is 0 Å². The number of piperidine rings is 1. The Balaban J connectivity index is 1.65. The molecule has 1 aliphatic heterocycles. The Bertz CT molecular complexity index is 992. The van der Waals surface area contributed by atoms with E-state index in [-0.39, 0.29) is 12.5 Å². The van der Waals surface area contributed by atoms with Crippen LogP contribution in [0.4, 0.5) is 19.0 Å². The molecule has 1 aliphatic rings. The van der Waals surface area contributed by atoms with Gasteiger partial charge >= 0.3 is 6.18 Å². The van der Waals surface area contributed by atoms with Crippen LogP contribution in [0.25, 0.3) is 0 Å². The third-order valence-corrected chi connectivity index (χ3v) is 5.22. The molecule has 0 radical (unpaired) electrons. The van der Waals surface area contributed by atoms with Crippen LogP contribution < -0.4 is 10.9 Å². The summed E-state index contributed by atoms with van der Waals surface area (Å²) in [7, 11) is 0. The molecule has 0 saturated carbocycles. The van der Waals surface area contributed by atoms with Crippen LogP contribution in [0.3, 0.4) is 0 Å². The number of rotatable bonds is 4. The van der Waals surface area contributed by atoms with Gasteiger partial charge < -0.3 is 14.8 Å². The number of carbonyl (C=O) groups excluding carboxylic acids is 2. The third-order valence-electron chi connectivity index (χ3n) is 4.75. The fourth-order valence-corrected chi connectivity index (χ4v) is 3.45. The Labute approximate surface area is 178 Å². The molecule has 0 bridgehead atoms. The van der Waals surface area contributed by atoms with E-state index in [9.17, 15) is 27.6 Å². The van der Waals surface area contributed by atoms with Crippen molar-refractivity contribution in [2.24, 2.45) is 5.92 Å². The largest absolute Gasteiger partial charge is 0.421 e. The summed E-state index contributed by atoms with van der Waals surface area (Å²) in [5, 5.41) is 2.69. The number of alkyl halides is 3. The summed E-state index contributed by atoms with van der Waals surface area (Å²) < 4.78 is 40.2. The molecule has 3 rings (SSSR count). The predicted molar refractivity (Wildman–Crippen MR) is 106 cm³/mol. The van der Waals surface area contributed by atoms with Crippen LogP contribution in [-0.4, -0.2) is 39.4 Å². The molecular weight excluding hydrogens is 469 g/mol. The molecule has 2 aromatic heterocycles. The van der Waals surface area contributed by atoms with Gasteiger partial charge in [0.25, 0.3) is 5.56 Å². The first-order valence-electron chi connectivity index (χ1n) is 9.12. The number of likely N-dealkylation sites (tertiary alicyclic amines) is 1. The molecule has 1 saturated heterocycles. The lowest BCUT2D eigenvalue weighted by Crippen LogP contribution is -2.46. The molecule has 1 atom stereocenters. The maximum atomic E-state index is 12.9. The summed E-state index contributed by atoms with van der Waals surface area (Å²) >= 11 is 3.25. The molecule has 2 amide bonds. The number of carbonyl (C=O) groups is 2. The Morgan fingerprint density at radius 2 is 2.03 bits per heavy atom. The van der Waals surface area contributed by atoms with Crippen LogP contribution in [0, 0.1) is 5.92 Å². The SMILES string of the molecule is O=C(Nc1ccc(Br)cn1)C1CCCN(C(=O)Cn2cccc(C(F)(F)F)c2=O)C1. The second-order valence-electron chi connectivity index (χ2n) is 6.88. The number of nitrogens with zero attached hydrogens (tertiary/aromatic N) is 3. The molecule has 7 nitrogen and oxygen atoms in total. The molecule has 160 valence electrons. The minimum atomic E-state index is -4.79. The fraction of sp³-hybridized carbons (Fsp3) is 0.368. The molecule has 3 heterocycles. The van der Waals surface area contributed by atoms with E-state index in [0.29, 0.717) is 31.3 Å². The molecule has 1 unspecified atom stereocenters. The molecule has 0 aromatic carbocycles. The average Bonchev–Trinajstić information content (AvgIpc) is 2.70. The second kappa shape index (κ2) is 8.99. The van der Waals surface area contributed by atoms with Gasteiger partial charge in [-0.05, 0) is 53.0 Å². The van der Waals surface area contributed by atoms with E-state index in [1.807, 2.05) is 0 Å². The Kier molecular flexibility index (Phi) is 6.59. The lowest BCUT2D eigenvalue weighted by Gasteiger charge is -2.32. The summed E-state index contributed by atoms with van der Waals surface area (Å²) in [5.74, 6) is -0.914. The van der Waals surface area contributed by atoms with Crippen molar-refractivity contribution in [3.63, 3.8) is 0 Å². The van der Waals surface area contributed by atoms with Crippen LogP contribution in [0.2, 0.25) is 0 Å². The number of hydrogen-bond donors (Lipinski definition) is 1. The van der Waals surface area contributed by atoms with E-state index in [2.05, 4.69) is 26.2 Å². The van der Waals surface area contributed by atoms with E-state index in [1.54, 1.807) is 18.3 Å². The van der Waals surface area contributed by atoms with E-state index < -0.39 is 35.7 Å². The van der Waals surface area contributed by atoms with Gasteiger partial charge in [0.1, 0.15) is 17.9 Å². The van der Waals surface area contributed by atoms with Crippen molar-refractivity contribution in [1.29, 1.82) is 0 Å². The summed E-state index contributed by atoms with van der Waals surface area (Å²) in [6.45, 7) is -0.0346. The lowest BCUT2D eigenvalue weighted by molar-refractivity contribution is -0.140. The zero-order chi connectivity index (χ0) is 21.9. The molecule has 2 aromatic rings. The van der Waals surface area contributed by atoms with Gasteiger partial charge in [-0.25, -0.2) is 4.98 Å². The first kappa shape index (κ1) is 22.0. The predicted octanol–water partition coefficient (Wildman–Crippen LogP) is 2.90. The van der Waals surface area contributed by atoms with Crippen molar-refractivity contribution in [1.82, 2.24) is 14.5 Å². The molecule has 11 heteroatoms. The topological polar surface area (TPSA) is 84.3 Å². The normalized spacial score (nSPS) is 16.9. The average molecular weight is 487 g/mol. The molecule has 0 aliphatic carbocycles. The number of aromatic nitrogens is 2. The van der Waals surface area contributed by atoms with Gasteiger partial charge in [-0.15, -0.1) is 0 Å². The Morgan fingerprint density at radius 3 is 2.70 bits per heavy atom. The first-order valence-corrected chi connectivity index (χ1v) is 9.91. The van der Waals surface area contributed by atoms with Gasteiger partial charge in [-0.1, -0.05) is 0 Å². The first-order chi connectivity index (χ1) is 14.1. The van der Waals surface area contributed by atoms with E-state index >= 15 is 0 Å². The number of halogens is 4. The highest BCUT2D eigenvalue weighted by molar-refractivity contribution is 9.10. The van der Waals surface area contributed by atoms with Crippen molar-refractivity contribution in [2.45, 2.75) is 25.6 Å². The second-order valence-corrected chi connectivity index (χ2v) is 7.80. The monoisotopic (exact) mass is 486 g/mol. The Hall–Kier alpha value is -2.69. The number of pyridine rings is 2. The van der Waals surface area contributed by atoms with Gasteiger partial charge in [0.15, 0.2) is 0 Å². The van der Waals surface area contributed by atoms with Crippen molar-refractivity contribution in [3.05, 3.63) is 57.0 Å². The number of nitrogens with one attached hydrogen (secondary N) is 1. The maximum Gasteiger partial charge on any atom is 0.421 e. The van der Waals surface area contributed by atoms with Crippen molar-refractivity contribution < 1.29 is 22.8 Å². The van der Waals surface area contributed by atoms with Crippen LogP contribution >= 0.6 is 15.9 Å². The zero-order valence-electron chi connectivity index (χ0n) is 15.7. The minimum Gasteiger partial charge on any atom is -0.340 e. The zero-order valence-corrected chi connectivity index (χ0v) is 17.2. The van der Waals surface area contributed by atoms with Gasteiger partial charge in [-0.2, -0.15) is 13.2 Å². The fourth-order valence-electron chi connectivity index (χ4n) is 3.22. The van der Waals surface area contributed by atoms with Crippen molar-refractivity contribution in [2.75, 3.05) is 18.4 Å². The van der Waals surface area contributed by atoms with E-state index in [4.69, 9.17) is 0 Å². The van der Waals surface area contributed by atoms with Crippen LogP contribution in [0.1, 0.15) is 18.4 Å². The third kappa shape index (κ3) is 5.26. The van der Waals surface area contributed by atoms with Crippen molar-refractivity contribution >= 4 is 33.6 Å². The number of amides is 2. The number of hydrogen-bond acceptors (Lipinski definition) is 4. The van der Waals surface area contributed by atoms with Gasteiger partial charge in [0.05, 0.1) is 5.92 Å².